The van der Waals surface area contributed by atoms with E-state index < -0.39 is 0 Å². The number of nitrogens with two attached hydrogens (primary N) is 1. The third-order valence-corrected chi connectivity index (χ3v) is 5.22. The monoisotopic (exact) mass is 366 g/mol. The van der Waals surface area contributed by atoms with Crippen molar-refractivity contribution in [2.75, 3.05) is 19.6 Å². The molecule has 1 aliphatic rings. The Hall–Kier alpha value is -2.17. The molecule has 0 spiro atoms. The summed E-state index contributed by atoms with van der Waals surface area (Å²) in [7, 11) is 0. The minimum absolute atomic E-state index is 0.0143. The summed E-state index contributed by atoms with van der Waals surface area (Å²) in [5.41, 5.74) is 7.62. The molecular weight excluding hydrogens is 336 g/mol. The number of hydrogen-bond acceptors (Lipinski definition) is 3. The summed E-state index contributed by atoms with van der Waals surface area (Å²) in [6.07, 6.45) is 4.77. The van der Waals surface area contributed by atoms with E-state index in [2.05, 4.69) is 53.4 Å². The standard InChI is InChI=1S/C23H30N2O2/c24-22(26)13-7-8-16-25-17-14-21(15-18-25)27-23(19-9-3-1-4-10-19)20-11-5-2-6-12-20/h1-6,9-12,21,23H,7-8,13-18H2,(H2,24,26). The number of hydrogen-bond donors (Lipinski definition) is 1. The molecule has 1 saturated heterocycles. The Balaban J connectivity index is 1.53. The largest absolute Gasteiger partial charge is 0.370 e. The Bertz CT molecular complexity index is 643. The average molecular weight is 367 g/mol. The smallest absolute Gasteiger partial charge is 0.217 e. The number of primary amides is 1. The van der Waals surface area contributed by atoms with Crippen LogP contribution in [0.25, 0.3) is 0 Å². The van der Waals surface area contributed by atoms with Crippen LogP contribution in [-0.4, -0.2) is 36.5 Å². The lowest BCUT2D eigenvalue weighted by atomic mass is 10.00. The van der Waals surface area contributed by atoms with E-state index in [0.717, 1.165) is 45.3 Å². The number of likely N-dealkylation sites (tertiary alicyclic amines) is 1. The second-order valence-corrected chi connectivity index (χ2v) is 7.30. The Morgan fingerprint density at radius 3 is 2.04 bits per heavy atom. The van der Waals surface area contributed by atoms with Gasteiger partial charge in [0, 0.05) is 19.5 Å². The van der Waals surface area contributed by atoms with Crippen molar-refractivity contribution in [1.29, 1.82) is 0 Å². The SMILES string of the molecule is NC(=O)CCCCN1CCC(OC(c2ccccc2)c2ccccc2)CC1. The first-order valence-electron chi connectivity index (χ1n) is 9.98. The number of nitrogens with zero attached hydrogens (tertiary/aromatic N) is 1. The average Bonchev–Trinajstić information content (AvgIpc) is 2.71. The van der Waals surface area contributed by atoms with Crippen LogP contribution in [0.1, 0.15) is 49.3 Å². The van der Waals surface area contributed by atoms with Crippen molar-refractivity contribution in [1.82, 2.24) is 4.90 Å². The van der Waals surface area contributed by atoms with E-state index in [1.165, 1.54) is 11.1 Å². The number of amides is 1. The fourth-order valence-corrected chi connectivity index (χ4v) is 3.70. The number of benzene rings is 2. The number of piperidine rings is 1. The van der Waals surface area contributed by atoms with Crippen molar-refractivity contribution < 1.29 is 9.53 Å². The normalized spacial score (nSPS) is 15.9. The van der Waals surface area contributed by atoms with Crippen molar-refractivity contribution in [3.63, 3.8) is 0 Å². The lowest BCUT2D eigenvalue weighted by molar-refractivity contribution is -0.118. The molecule has 1 amide bonds. The van der Waals surface area contributed by atoms with Crippen molar-refractivity contribution in [3.05, 3.63) is 71.8 Å². The molecule has 2 aromatic rings. The van der Waals surface area contributed by atoms with Gasteiger partial charge in [0.1, 0.15) is 6.10 Å². The summed E-state index contributed by atoms with van der Waals surface area (Å²) < 4.78 is 6.58. The van der Waals surface area contributed by atoms with E-state index >= 15 is 0 Å². The van der Waals surface area contributed by atoms with Gasteiger partial charge in [0.15, 0.2) is 0 Å². The number of carbonyl (C=O) groups is 1. The Morgan fingerprint density at radius 1 is 0.963 bits per heavy atom. The zero-order valence-corrected chi connectivity index (χ0v) is 15.9. The minimum atomic E-state index is -0.199. The van der Waals surface area contributed by atoms with E-state index in [0.29, 0.717) is 6.42 Å². The molecule has 4 heteroatoms. The maximum atomic E-state index is 10.8. The summed E-state index contributed by atoms with van der Waals surface area (Å²) in [5, 5.41) is 0. The molecule has 0 saturated carbocycles. The lowest BCUT2D eigenvalue weighted by Gasteiger charge is -2.34. The number of unbranched alkanes of at least 4 members (excludes halogenated alkanes) is 1. The molecule has 1 aliphatic heterocycles. The highest BCUT2D eigenvalue weighted by atomic mass is 16.5. The zero-order chi connectivity index (χ0) is 18.9. The van der Waals surface area contributed by atoms with Gasteiger partial charge in [-0.15, -0.1) is 0 Å². The third kappa shape index (κ3) is 6.19. The van der Waals surface area contributed by atoms with Gasteiger partial charge in [-0.05, 0) is 43.4 Å². The van der Waals surface area contributed by atoms with Crippen LogP contribution in [0.4, 0.5) is 0 Å². The third-order valence-electron chi connectivity index (χ3n) is 5.22. The molecule has 0 radical (unpaired) electrons. The van der Waals surface area contributed by atoms with Crippen LogP contribution in [-0.2, 0) is 9.53 Å². The highest BCUT2D eigenvalue weighted by molar-refractivity contribution is 5.73. The minimum Gasteiger partial charge on any atom is -0.370 e. The highest BCUT2D eigenvalue weighted by Gasteiger charge is 2.24. The fourth-order valence-electron chi connectivity index (χ4n) is 3.70. The lowest BCUT2D eigenvalue weighted by Crippen LogP contribution is -2.38. The summed E-state index contributed by atoms with van der Waals surface area (Å²) in [6.45, 7) is 3.15. The summed E-state index contributed by atoms with van der Waals surface area (Å²) in [6, 6.07) is 21.0. The summed E-state index contributed by atoms with van der Waals surface area (Å²) in [5.74, 6) is -0.199. The Labute approximate surface area is 162 Å². The predicted molar refractivity (Wildman–Crippen MR) is 108 cm³/mol. The van der Waals surface area contributed by atoms with Crippen molar-refractivity contribution in [2.24, 2.45) is 5.73 Å². The van der Waals surface area contributed by atoms with Crippen LogP contribution in [0.3, 0.4) is 0 Å². The van der Waals surface area contributed by atoms with Crippen LogP contribution in [0.2, 0.25) is 0 Å². The van der Waals surface area contributed by atoms with Crippen molar-refractivity contribution in [3.8, 4) is 0 Å². The van der Waals surface area contributed by atoms with Gasteiger partial charge in [0.2, 0.25) is 5.91 Å². The molecule has 144 valence electrons. The first-order valence-corrected chi connectivity index (χ1v) is 9.98. The number of rotatable bonds is 9. The topological polar surface area (TPSA) is 55.6 Å². The first-order chi connectivity index (χ1) is 13.2. The Morgan fingerprint density at radius 2 is 1.52 bits per heavy atom. The van der Waals surface area contributed by atoms with E-state index in [4.69, 9.17) is 10.5 Å². The molecule has 0 atom stereocenters. The fraction of sp³-hybridized carbons (Fsp3) is 0.435. The molecule has 0 aliphatic carbocycles. The summed E-state index contributed by atoms with van der Waals surface area (Å²) in [4.78, 5) is 13.3. The molecule has 1 heterocycles. The van der Waals surface area contributed by atoms with E-state index in [9.17, 15) is 4.79 Å². The number of carbonyl (C=O) groups excluding carboxylic acids is 1. The van der Waals surface area contributed by atoms with Crippen LogP contribution in [0.15, 0.2) is 60.7 Å². The molecule has 0 unspecified atom stereocenters. The number of ether oxygens (including phenoxy) is 1. The van der Waals surface area contributed by atoms with Crippen LogP contribution in [0, 0.1) is 0 Å². The van der Waals surface area contributed by atoms with Gasteiger partial charge in [0.25, 0.3) is 0 Å². The van der Waals surface area contributed by atoms with E-state index in [1.807, 2.05) is 12.1 Å². The molecule has 1 fully saturated rings. The molecule has 27 heavy (non-hydrogen) atoms. The van der Waals surface area contributed by atoms with Gasteiger partial charge in [-0.3, -0.25) is 4.79 Å². The zero-order valence-electron chi connectivity index (χ0n) is 15.9. The van der Waals surface area contributed by atoms with Gasteiger partial charge in [-0.25, -0.2) is 0 Å². The molecular formula is C23H30N2O2. The van der Waals surface area contributed by atoms with E-state index in [1.54, 1.807) is 0 Å². The summed E-state index contributed by atoms with van der Waals surface area (Å²) >= 11 is 0. The van der Waals surface area contributed by atoms with Gasteiger partial charge in [-0.2, -0.15) is 0 Å². The van der Waals surface area contributed by atoms with Gasteiger partial charge < -0.3 is 15.4 Å². The molecule has 0 aromatic heterocycles. The maximum absolute atomic E-state index is 10.8. The molecule has 3 rings (SSSR count). The predicted octanol–water partition coefficient (Wildman–Crippen LogP) is 3.91. The Kier molecular flexibility index (Phi) is 7.43. The van der Waals surface area contributed by atoms with Gasteiger partial charge in [-0.1, -0.05) is 60.7 Å². The quantitative estimate of drug-likeness (QED) is 0.685. The first kappa shape index (κ1) is 19.6. The second kappa shape index (κ2) is 10.2. The molecule has 0 bridgehead atoms. The van der Waals surface area contributed by atoms with Crippen LogP contribution < -0.4 is 5.73 Å². The van der Waals surface area contributed by atoms with Gasteiger partial charge >= 0.3 is 0 Å². The maximum Gasteiger partial charge on any atom is 0.217 e. The molecule has 4 nitrogen and oxygen atoms in total. The van der Waals surface area contributed by atoms with Crippen molar-refractivity contribution >= 4 is 5.91 Å². The van der Waals surface area contributed by atoms with Gasteiger partial charge in [0.05, 0.1) is 6.10 Å². The molecule has 2 N–H and O–H groups in total. The van der Waals surface area contributed by atoms with Crippen molar-refractivity contribution in [2.45, 2.75) is 44.3 Å². The van der Waals surface area contributed by atoms with Crippen LogP contribution in [0.5, 0.6) is 0 Å². The highest BCUT2D eigenvalue weighted by Crippen LogP contribution is 2.30. The van der Waals surface area contributed by atoms with E-state index in [-0.39, 0.29) is 18.1 Å². The second-order valence-electron chi connectivity index (χ2n) is 7.30. The van der Waals surface area contributed by atoms with Crippen LogP contribution >= 0.6 is 0 Å². The molecule has 2 aromatic carbocycles.